The monoisotopic (exact) mass is 466 g/mol. The number of nitrogens with zero attached hydrogens (tertiary/aromatic N) is 2. The Hall–Kier alpha value is -0.0800. The lowest BCUT2D eigenvalue weighted by molar-refractivity contribution is 0.00715. The fourth-order valence-electron chi connectivity index (χ4n) is 3.96. The van der Waals surface area contributed by atoms with Crippen molar-refractivity contribution in [1.29, 1.82) is 0 Å². The average molecular weight is 466 g/mol. The van der Waals surface area contributed by atoms with Crippen LogP contribution < -0.4 is 10.6 Å². The minimum atomic E-state index is -0.213. The first-order valence-corrected chi connectivity index (χ1v) is 10.0. The molecule has 2 unspecified atom stereocenters. The number of aliphatic hydroxyl groups is 1. The molecule has 0 radical (unpaired) electrons. The summed E-state index contributed by atoms with van der Waals surface area (Å²) in [4.78, 5) is 7.39. The van der Waals surface area contributed by atoms with E-state index in [-0.39, 0.29) is 35.5 Å². The summed E-state index contributed by atoms with van der Waals surface area (Å²) in [5.74, 6) is 0.922. The minimum absolute atomic E-state index is 0. The number of hydrogen-bond acceptors (Lipinski definition) is 3. The Morgan fingerprint density at radius 1 is 1.20 bits per heavy atom. The van der Waals surface area contributed by atoms with Crippen molar-refractivity contribution in [2.45, 2.75) is 77.9 Å². The van der Waals surface area contributed by atoms with E-state index in [9.17, 15) is 5.11 Å². The number of rotatable bonds is 6. The van der Waals surface area contributed by atoms with Crippen LogP contribution in [0.1, 0.15) is 65.7 Å². The number of guanidine groups is 1. The van der Waals surface area contributed by atoms with Crippen LogP contribution in [0.15, 0.2) is 4.99 Å². The standard InChI is InChI=1S/C19H38N4O.HI/c1-4-12-23-13-9-16(10-14-23)22-18(20-5-2)21-15-19(3)11-7-6-8-17(19)24;/h16-17,24H,4-15H2,1-3H3,(H2,20,21,22);1H. The molecule has 0 aromatic rings. The number of halogens is 1. The van der Waals surface area contributed by atoms with Gasteiger partial charge in [-0.1, -0.05) is 26.7 Å². The number of aliphatic imine (C=N–C) groups is 1. The van der Waals surface area contributed by atoms with Crippen LogP contribution in [0.25, 0.3) is 0 Å². The van der Waals surface area contributed by atoms with Gasteiger partial charge in [-0.2, -0.15) is 0 Å². The first kappa shape index (κ1) is 23.0. The van der Waals surface area contributed by atoms with Gasteiger partial charge in [0.25, 0.3) is 0 Å². The molecule has 1 heterocycles. The van der Waals surface area contributed by atoms with Gasteiger partial charge in [0, 0.05) is 31.1 Å². The summed E-state index contributed by atoms with van der Waals surface area (Å²) in [5, 5.41) is 17.4. The first-order valence-electron chi connectivity index (χ1n) is 10.0. The van der Waals surface area contributed by atoms with Gasteiger partial charge in [0.15, 0.2) is 5.96 Å². The van der Waals surface area contributed by atoms with Crippen molar-refractivity contribution in [1.82, 2.24) is 15.5 Å². The van der Waals surface area contributed by atoms with E-state index in [0.29, 0.717) is 12.6 Å². The summed E-state index contributed by atoms with van der Waals surface area (Å²) in [5.41, 5.74) is -0.0644. The van der Waals surface area contributed by atoms with Crippen LogP contribution in [-0.2, 0) is 0 Å². The molecular weight excluding hydrogens is 427 g/mol. The Bertz CT molecular complexity index is 399. The number of piperidine rings is 1. The lowest BCUT2D eigenvalue weighted by atomic mass is 9.73. The number of aliphatic hydroxyl groups excluding tert-OH is 1. The fraction of sp³-hybridized carbons (Fsp3) is 0.947. The van der Waals surface area contributed by atoms with Gasteiger partial charge in [0.1, 0.15) is 0 Å². The molecule has 0 aromatic heterocycles. The van der Waals surface area contributed by atoms with Gasteiger partial charge in [-0.25, -0.2) is 0 Å². The van der Waals surface area contributed by atoms with Gasteiger partial charge in [-0.15, -0.1) is 24.0 Å². The quantitative estimate of drug-likeness (QED) is 0.320. The molecule has 6 heteroatoms. The molecule has 3 N–H and O–H groups in total. The summed E-state index contributed by atoms with van der Waals surface area (Å²) < 4.78 is 0. The van der Waals surface area contributed by atoms with Crippen molar-refractivity contribution in [2.75, 3.05) is 32.7 Å². The van der Waals surface area contributed by atoms with Crippen LogP contribution in [0, 0.1) is 5.41 Å². The molecule has 2 atom stereocenters. The third-order valence-corrected chi connectivity index (χ3v) is 5.69. The second-order valence-electron chi connectivity index (χ2n) is 7.87. The normalized spacial score (nSPS) is 29.1. The van der Waals surface area contributed by atoms with Crippen molar-refractivity contribution in [2.24, 2.45) is 10.4 Å². The van der Waals surface area contributed by atoms with Gasteiger partial charge >= 0.3 is 0 Å². The van der Waals surface area contributed by atoms with E-state index in [0.717, 1.165) is 31.8 Å². The van der Waals surface area contributed by atoms with Crippen molar-refractivity contribution < 1.29 is 5.11 Å². The summed E-state index contributed by atoms with van der Waals surface area (Å²) >= 11 is 0. The highest BCUT2D eigenvalue weighted by molar-refractivity contribution is 14.0. The molecule has 1 aliphatic heterocycles. The Morgan fingerprint density at radius 2 is 1.92 bits per heavy atom. The second kappa shape index (κ2) is 11.6. The maximum Gasteiger partial charge on any atom is 0.191 e. The smallest absolute Gasteiger partial charge is 0.191 e. The molecule has 5 nitrogen and oxygen atoms in total. The number of likely N-dealkylation sites (tertiary alicyclic amines) is 1. The summed E-state index contributed by atoms with van der Waals surface area (Å²) in [6, 6.07) is 0.514. The van der Waals surface area contributed by atoms with E-state index in [1.54, 1.807) is 0 Å². The second-order valence-corrected chi connectivity index (χ2v) is 7.87. The Kier molecular flexibility index (Phi) is 10.6. The number of hydrogen-bond donors (Lipinski definition) is 3. The predicted octanol–water partition coefficient (Wildman–Crippen LogP) is 2.98. The summed E-state index contributed by atoms with van der Waals surface area (Å²) in [6.45, 7) is 11.7. The summed E-state index contributed by atoms with van der Waals surface area (Å²) in [7, 11) is 0. The van der Waals surface area contributed by atoms with Gasteiger partial charge in [0.2, 0.25) is 0 Å². The van der Waals surface area contributed by atoms with Crippen LogP contribution >= 0.6 is 24.0 Å². The molecule has 2 rings (SSSR count). The summed E-state index contributed by atoms with van der Waals surface area (Å²) in [6.07, 6.45) is 7.75. The van der Waals surface area contributed by atoms with E-state index in [1.165, 1.54) is 45.3 Å². The lowest BCUT2D eigenvalue weighted by Gasteiger charge is -2.37. The largest absolute Gasteiger partial charge is 0.392 e. The van der Waals surface area contributed by atoms with Crippen LogP contribution in [0.3, 0.4) is 0 Å². The highest BCUT2D eigenvalue weighted by Crippen LogP contribution is 2.36. The zero-order valence-corrected chi connectivity index (χ0v) is 18.7. The minimum Gasteiger partial charge on any atom is -0.392 e. The Morgan fingerprint density at radius 3 is 2.52 bits per heavy atom. The maximum atomic E-state index is 10.4. The van der Waals surface area contributed by atoms with Crippen LogP contribution in [0.2, 0.25) is 0 Å². The molecule has 1 saturated heterocycles. The molecule has 2 aliphatic rings. The lowest BCUT2D eigenvalue weighted by Crippen LogP contribution is -2.49. The van der Waals surface area contributed by atoms with Crippen LogP contribution in [-0.4, -0.2) is 60.8 Å². The SMILES string of the molecule is CCCN1CCC(NC(=NCC2(C)CCCCC2O)NCC)CC1.I. The van der Waals surface area contributed by atoms with Crippen LogP contribution in [0.4, 0.5) is 0 Å². The highest BCUT2D eigenvalue weighted by Gasteiger charge is 2.35. The maximum absolute atomic E-state index is 10.4. The Balaban J connectivity index is 0.00000312. The molecule has 1 saturated carbocycles. The van der Waals surface area contributed by atoms with Crippen molar-refractivity contribution in [3.05, 3.63) is 0 Å². The molecule has 0 amide bonds. The molecule has 2 fully saturated rings. The van der Waals surface area contributed by atoms with E-state index >= 15 is 0 Å². The molecule has 0 aromatic carbocycles. The zero-order valence-electron chi connectivity index (χ0n) is 16.4. The van der Waals surface area contributed by atoms with Gasteiger partial charge in [0.05, 0.1) is 12.6 Å². The van der Waals surface area contributed by atoms with E-state index in [4.69, 9.17) is 4.99 Å². The predicted molar refractivity (Wildman–Crippen MR) is 117 cm³/mol. The van der Waals surface area contributed by atoms with E-state index < -0.39 is 0 Å². The van der Waals surface area contributed by atoms with Crippen LogP contribution in [0.5, 0.6) is 0 Å². The van der Waals surface area contributed by atoms with Gasteiger partial charge in [-0.3, -0.25) is 4.99 Å². The molecule has 148 valence electrons. The zero-order chi connectivity index (χ0) is 17.4. The number of nitrogens with one attached hydrogen (secondary N) is 2. The molecule has 0 bridgehead atoms. The van der Waals surface area contributed by atoms with E-state index in [1.807, 2.05) is 0 Å². The van der Waals surface area contributed by atoms with Gasteiger partial charge < -0.3 is 20.6 Å². The third kappa shape index (κ3) is 7.21. The van der Waals surface area contributed by atoms with E-state index in [2.05, 4.69) is 36.3 Å². The molecule has 25 heavy (non-hydrogen) atoms. The van der Waals surface area contributed by atoms with Crippen molar-refractivity contribution in [3.8, 4) is 0 Å². The Labute approximate surface area is 171 Å². The fourth-order valence-corrected chi connectivity index (χ4v) is 3.96. The van der Waals surface area contributed by atoms with Crippen molar-refractivity contribution in [3.63, 3.8) is 0 Å². The molecule has 1 aliphatic carbocycles. The highest BCUT2D eigenvalue weighted by atomic mass is 127. The topological polar surface area (TPSA) is 59.9 Å². The van der Waals surface area contributed by atoms with Gasteiger partial charge in [-0.05, 0) is 45.6 Å². The molecule has 0 spiro atoms. The average Bonchev–Trinajstić information content (AvgIpc) is 2.58. The first-order chi connectivity index (χ1) is 11.6. The molecular formula is C19H39IN4O. The third-order valence-electron chi connectivity index (χ3n) is 5.69. The van der Waals surface area contributed by atoms with Crippen molar-refractivity contribution >= 4 is 29.9 Å².